The van der Waals surface area contributed by atoms with E-state index in [1.807, 2.05) is 38.1 Å². The van der Waals surface area contributed by atoms with E-state index < -0.39 is 0 Å². The predicted molar refractivity (Wildman–Crippen MR) is 105 cm³/mol. The second-order valence-electron chi connectivity index (χ2n) is 7.48. The number of aryl methyl sites for hydroxylation is 1. The van der Waals surface area contributed by atoms with Crippen LogP contribution >= 0.6 is 11.3 Å². The summed E-state index contributed by atoms with van der Waals surface area (Å²) in [6.07, 6.45) is 0. The minimum Gasteiger partial charge on any atom is -0.497 e. The van der Waals surface area contributed by atoms with Crippen molar-refractivity contribution >= 4 is 22.5 Å². The number of urea groups is 1. The highest BCUT2D eigenvalue weighted by Crippen LogP contribution is 2.46. The van der Waals surface area contributed by atoms with Gasteiger partial charge in [0.05, 0.1) is 13.2 Å². The summed E-state index contributed by atoms with van der Waals surface area (Å²) in [5.74, 6) is 1.65. The maximum atomic E-state index is 12.8. The maximum absolute atomic E-state index is 12.8. The fraction of sp³-hybridized carbons (Fsp3) is 0.526. The molecular weight excluding hydrogens is 362 g/mol. The number of methoxy groups -OCH3 is 1. The summed E-state index contributed by atoms with van der Waals surface area (Å²) in [4.78, 5) is 18.9. The quantitative estimate of drug-likeness (QED) is 0.810. The minimum absolute atomic E-state index is 0.0647. The standard InChI is InChI=1S/C19H25N5O2S/c1-12-20-21-18(27-12)23-9-14-10-24(19(25)22(2)3)17(16(14)11-23)13-5-7-15(26-4)8-6-13/h5-8,14,16-17H,9-11H2,1-4H3/t14-,16-,17+/m1/s1. The molecule has 3 atom stereocenters. The first-order chi connectivity index (χ1) is 13.0. The number of carbonyl (C=O) groups is 1. The Morgan fingerprint density at radius 2 is 1.93 bits per heavy atom. The van der Waals surface area contributed by atoms with Crippen molar-refractivity contribution in [3.63, 3.8) is 0 Å². The number of hydrogen-bond donors (Lipinski definition) is 0. The van der Waals surface area contributed by atoms with Crippen LogP contribution in [-0.2, 0) is 0 Å². The van der Waals surface area contributed by atoms with E-state index >= 15 is 0 Å². The van der Waals surface area contributed by atoms with E-state index in [1.165, 1.54) is 0 Å². The Labute approximate surface area is 163 Å². The van der Waals surface area contributed by atoms with E-state index in [9.17, 15) is 4.79 Å². The number of aromatic nitrogens is 2. The number of anilines is 1. The van der Waals surface area contributed by atoms with Crippen LogP contribution in [-0.4, -0.2) is 66.9 Å². The number of ether oxygens (including phenoxy) is 1. The molecule has 1 aromatic carbocycles. The number of likely N-dealkylation sites (tertiary alicyclic amines) is 1. The molecule has 3 heterocycles. The van der Waals surface area contributed by atoms with Crippen molar-refractivity contribution in [2.45, 2.75) is 13.0 Å². The Balaban J connectivity index is 1.63. The van der Waals surface area contributed by atoms with Gasteiger partial charge in [-0.15, -0.1) is 10.2 Å². The zero-order valence-electron chi connectivity index (χ0n) is 16.1. The second kappa shape index (κ2) is 6.99. The molecule has 2 fully saturated rings. The Bertz CT molecular complexity index is 822. The molecule has 0 unspecified atom stereocenters. The number of fused-ring (bicyclic) bond motifs is 1. The molecule has 2 saturated heterocycles. The summed E-state index contributed by atoms with van der Waals surface area (Å²) in [7, 11) is 5.30. The van der Waals surface area contributed by atoms with Crippen LogP contribution in [0, 0.1) is 18.8 Å². The van der Waals surface area contributed by atoms with Crippen LogP contribution in [0.4, 0.5) is 9.93 Å². The lowest BCUT2D eigenvalue weighted by molar-refractivity contribution is 0.159. The van der Waals surface area contributed by atoms with Gasteiger partial charge in [-0.3, -0.25) is 0 Å². The molecular formula is C19H25N5O2S. The van der Waals surface area contributed by atoms with Crippen molar-refractivity contribution < 1.29 is 9.53 Å². The van der Waals surface area contributed by atoms with Crippen LogP contribution in [0.5, 0.6) is 5.75 Å². The van der Waals surface area contributed by atoms with Gasteiger partial charge in [-0.25, -0.2) is 4.79 Å². The van der Waals surface area contributed by atoms with Crippen LogP contribution in [0.25, 0.3) is 0 Å². The van der Waals surface area contributed by atoms with Crippen LogP contribution in [0.3, 0.4) is 0 Å². The number of rotatable bonds is 3. The lowest BCUT2D eigenvalue weighted by atomic mass is 9.89. The normalized spacial score (nSPS) is 24.2. The highest BCUT2D eigenvalue weighted by molar-refractivity contribution is 7.15. The average Bonchev–Trinajstić information content (AvgIpc) is 3.34. The first-order valence-corrected chi connectivity index (χ1v) is 9.96. The van der Waals surface area contributed by atoms with Gasteiger partial charge in [0.25, 0.3) is 0 Å². The number of nitrogens with zero attached hydrogens (tertiary/aromatic N) is 5. The van der Waals surface area contributed by atoms with Gasteiger partial charge in [0, 0.05) is 45.6 Å². The number of hydrogen-bond acceptors (Lipinski definition) is 6. The van der Waals surface area contributed by atoms with Gasteiger partial charge in [-0.2, -0.15) is 0 Å². The van der Waals surface area contributed by atoms with E-state index in [0.717, 1.165) is 41.1 Å². The molecule has 144 valence electrons. The summed E-state index contributed by atoms with van der Waals surface area (Å²) in [6, 6.07) is 8.25. The minimum atomic E-state index is 0.0647. The van der Waals surface area contributed by atoms with Gasteiger partial charge in [0.2, 0.25) is 5.13 Å². The Hall–Kier alpha value is -2.35. The summed E-state index contributed by atoms with van der Waals surface area (Å²) in [5.41, 5.74) is 1.16. The van der Waals surface area contributed by atoms with E-state index in [0.29, 0.717) is 11.8 Å². The van der Waals surface area contributed by atoms with Gasteiger partial charge in [-0.1, -0.05) is 23.5 Å². The Morgan fingerprint density at radius 3 is 2.52 bits per heavy atom. The van der Waals surface area contributed by atoms with Crippen molar-refractivity contribution in [1.82, 2.24) is 20.0 Å². The molecule has 0 aliphatic carbocycles. The van der Waals surface area contributed by atoms with Crippen molar-refractivity contribution in [1.29, 1.82) is 0 Å². The average molecular weight is 388 g/mol. The maximum Gasteiger partial charge on any atom is 0.320 e. The van der Waals surface area contributed by atoms with Crippen LogP contribution < -0.4 is 9.64 Å². The predicted octanol–water partition coefficient (Wildman–Crippen LogP) is 2.65. The monoisotopic (exact) mass is 387 g/mol. The molecule has 0 N–H and O–H groups in total. The van der Waals surface area contributed by atoms with Gasteiger partial charge in [0.15, 0.2) is 0 Å². The third-order valence-corrected chi connectivity index (χ3v) is 6.44. The molecule has 0 bridgehead atoms. The molecule has 0 spiro atoms. The van der Waals surface area contributed by atoms with Crippen LogP contribution in [0.15, 0.2) is 24.3 Å². The van der Waals surface area contributed by atoms with Crippen molar-refractivity contribution in [2.24, 2.45) is 11.8 Å². The van der Waals surface area contributed by atoms with Crippen LogP contribution in [0.2, 0.25) is 0 Å². The molecule has 0 radical (unpaired) electrons. The Morgan fingerprint density at radius 1 is 1.19 bits per heavy atom. The highest BCUT2D eigenvalue weighted by Gasteiger charge is 2.50. The van der Waals surface area contributed by atoms with Gasteiger partial charge in [-0.05, 0) is 24.6 Å². The smallest absolute Gasteiger partial charge is 0.320 e. The molecule has 4 rings (SSSR count). The van der Waals surface area contributed by atoms with Crippen molar-refractivity contribution in [2.75, 3.05) is 45.7 Å². The number of carbonyl (C=O) groups excluding carboxylic acids is 1. The first kappa shape index (κ1) is 18.0. The van der Waals surface area contributed by atoms with E-state index in [2.05, 4.69) is 27.2 Å². The largest absolute Gasteiger partial charge is 0.497 e. The van der Waals surface area contributed by atoms with E-state index in [4.69, 9.17) is 4.74 Å². The lowest BCUT2D eigenvalue weighted by Crippen LogP contribution is -2.41. The molecule has 2 aromatic rings. The molecule has 7 nitrogen and oxygen atoms in total. The molecule has 8 heteroatoms. The van der Waals surface area contributed by atoms with Gasteiger partial charge in [0.1, 0.15) is 10.8 Å². The number of benzene rings is 1. The second-order valence-corrected chi connectivity index (χ2v) is 8.64. The third-order valence-electron chi connectivity index (χ3n) is 5.54. The summed E-state index contributed by atoms with van der Waals surface area (Å²) >= 11 is 1.64. The molecule has 2 aliphatic rings. The molecule has 2 aliphatic heterocycles. The van der Waals surface area contributed by atoms with Crippen LogP contribution in [0.1, 0.15) is 16.6 Å². The molecule has 27 heavy (non-hydrogen) atoms. The topological polar surface area (TPSA) is 61.8 Å². The fourth-order valence-corrected chi connectivity index (χ4v) is 5.00. The highest BCUT2D eigenvalue weighted by atomic mass is 32.1. The zero-order chi connectivity index (χ0) is 19.1. The molecule has 1 aromatic heterocycles. The van der Waals surface area contributed by atoms with Gasteiger partial charge < -0.3 is 19.4 Å². The third kappa shape index (κ3) is 3.22. The number of amides is 2. The van der Waals surface area contributed by atoms with Gasteiger partial charge >= 0.3 is 6.03 Å². The SMILES string of the molecule is COc1ccc([C@H]2[C@@H]3CN(c4nnc(C)s4)C[C@@H]3CN2C(=O)N(C)C)cc1. The van der Waals surface area contributed by atoms with E-state index in [1.54, 1.807) is 23.3 Å². The molecule has 0 saturated carbocycles. The van der Waals surface area contributed by atoms with E-state index in [-0.39, 0.29) is 12.1 Å². The van der Waals surface area contributed by atoms with Crippen molar-refractivity contribution in [3.05, 3.63) is 34.8 Å². The first-order valence-electron chi connectivity index (χ1n) is 9.15. The Kier molecular flexibility index (Phi) is 4.67. The van der Waals surface area contributed by atoms with Crippen molar-refractivity contribution in [3.8, 4) is 5.75 Å². The molecule has 2 amide bonds. The summed E-state index contributed by atoms with van der Waals surface area (Å²) < 4.78 is 5.30. The lowest BCUT2D eigenvalue weighted by Gasteiger charge is -2.31. The summed E-state index contributed by atoms with van der Waals surface area (Å²) in [5, 5.41) is 10.4. The summed E-state index contributed by atoms with van der Waals surface area (Å²) in [6.45, 7) is 4.57. The zero-order valence-corrected chi connectivity index (χ0v) is 16.9. The fourth-order valence-electron chi connectivity index (χ4n) is 4.30.